The fourth-order valence-corrected chi connectivity index (χ4v) is 3.92. The van der Waals surface area contributed by atoms with E-state index in [1.807, 2.05) is 12.1 Å². The monoisotopic (exact) mass is 326 g/mol. The van der Waals surface area contributed by atoms with Crippen molar-refractivity contribution < 1.29 is 4.79 Å². The molecule has 2 bridgehead atoms. The van der Waals surface area contributed by atoms with Crippen LogP contribution >= 0.6 is 23.2 Å². The fourth-order valence-electron chi connectivity index (χ4n) is 3.72. The highest BCUT2D eigenvalue weighted by atomic mass is 35.5. The Morgan fingerprint density at radius 3 is 2.38 bits per heavy atom. The molecule has 3 atom stereocenters. The topological polar surface area (TPSA) is 32.3 Å². The van der Waals surface area contributed by atoms with E-state index in [9.17, 15) is 4.79 Å². The molecular formula is C16H20Cl2N2O. The van der Waals surface area contributed by atoms with Crippen LogP contribution in [-0.4, -0.2) is 34.8 Å². The third-order valence-electron chi connectivity index (χ3n) is 4.65. The molecule has 1 amide bonds. The summed E-state index contributed by atoms with van der Waals surface area (Å²) < 4.78 is 0. The molecule has 0 aliphatic carbocycles. The van der Waals surface area contributed by atoms with Crippen LogP contribution in [0.4, 0.5) is 0 Å². The first-order valence-electron chi connectivity index (χ1n) is 7.51. The molecule has 3 nitrogen and oxygen atoms in total. The van der Waals surface area contributed by atoms with Crippen molar-refractivity contribution in [2.24, 2.45) is 0 Å². The average Bonchev–Trinajstić information content (AvgIpc) is 2.71. The lowest BCUT2D eigenvalue weighted by atomic mass is 9.96. The van der Waals surface area contributed by atoms with Crippen molar-refractivity contribution in [1.82, 2.24) is 10.2 Å². The van der Waals surface area contributed by atoms with Gasteiger partial charge in [0.15, 0.2) is 0 Å². The standard InChI is InChI=1S/C16H20Cl2N2O/c17-9-16(21)19-13-7-14-5-6-15(8-13)20(14)10-11-1-3-12(18)4-2-11/h1-4,13-15H,5-10H2,(H,19,21)/t13?,14-,15+. The number of benzene rings is 1. The smallest absolute Gasteiger partial charge is 0.235 e. The molecule has 2 heterocycles. The Bertz CT molecular complexity index is 492. The van der Waals surface area contributed by atoms with Crippen molar-refractivity contribution in [3.8, 4) is 0 Å². The summed E-state index contributed by atoms with van der Waals surface area (Å²) in [5, 5.41) is 3.83. The van der Waals surface area contributed by atoms with E-state index in [1.54, 1.807) is 0 Å². The molecule has 5 heteroatoms. The van der Waals surface area contributed by atoms with Gasteiger partial charge in [0.25, 0.3) is 0 Å². The van der Waals surface area contributed by atoms with Gasteiger partial charge in [0.1, 0.15) is 5.88 Å². The molecule has 0 saturated carbocycles. The number of nitrogens with one attached hydrogen (secondary N) is 1. The van der Waals surface area contributed by atoms with Gasteiger partial charge < -0.3 is 5.32 Å². The molecule has 0 aromatic heterocycles. The maximum absolute atomic E-state index is 11.4. The number of hydrogen-bond acceptors (Lipinski definition) is 2. The number of nitrogens with zero attached hydrogens (tertiary/aromatic N) is 1. The van der Waals surface area contributed by atoms with Crippen molar-refractivity contribution in [3.05, 3.63) is 34.9 Å². The number of piperidine rings is 1. The van der Waals surface area contributed by atoms with E-state index in [4.69, 9.17) is 23.2 Å². The molecule has 0 radical (unpaired) electrons. The molecule has 1 unspecified atom stereocenters. The van der Waals surface area contributed by atoms with Crippen molar-refractivity contribution in [1.29, 1.82) is 0 Å². The summed E-state index contributed by atoms with van der Waals surface area (Å²) in [6, 6.07) is 9.53. The lowest BCUT2D eigenvalue weighted by Crippen LogP contribution is -2.50. The van der Waals surface area contributed by atoms with E-state index in [-0.39, 0.29) is 17.8 Å². The number of alkyl halides is 1. The number of amides is 1. The summed E-state index contributed by atoms with van der Waals surface area (Å²) in [4.78, 5) is 14.0. The van der Waals surface area contributed by atoms with Gasteiger partial charge in [0.05, 0.1) is 0 Å². The summed E-state index contributed by atoms with van der Waals surface area (Å²) in [6.45, 7) is 0.975. The molecule has 1 N–H and O–H groups in total. The molecule has 1 aromatic rings. The van der Waals surface area contributed by atoms with Crippen LogP contribution in [0.5, 0.6) is 0 Å². The van der Waals surface area contributed by atoms with Crippen LogP contribution < -0.4 is 5.32 Å². The van der Waals surface area contributed by atoms with Gasteiger partial charge in [-0.15, -0.1) is 11.6 Å². The number of hydrogen-bond donors (Lipinski definition) is 1. The normalized spacial score (nSPS) is 28.6. The molecule has 1 aromatic carbocycles. The zero-order chi connectivity index (χ0) is 14.8. The minimum absolute atomic E-state index is 0.0489. The zero-order valence-corrected chi connectivity index (χ0v) is 13.4. The molecule has 2 aliphatic rings. The quantitative estimate of drug-likeness (QED) is 0.862. The van der Waals surface area contributed by atoms with Gasteiger partial charge in [0, 0.05) is 29.7 Å². The second kappa shape index (κ2) is 6.55. The molecule has 0 spiro atoms. The van der Waals surface area contributed by atoms with Crippen LogP contribution in [0.2, 0.25) is 5.02 Å². The van der Waals surface area contributed by atoms with Gasteiger partial charge >= 0.3 is 0 Å². The van der Waals surface area contributed by atoms with Gasteiger partial charge in [0.2, 0.25) is 5.91 Å². The Balaban J connectivity index is 1.62. The first-order chi connectivity index (χ1) is 10.2. The highest BCUT2D eigenvalue weighted by molar-refractivity contribution is 6.30. The lowest BCUT2D eigenvalue weighted by molar-refractivity contribution is -0.119. The third kappa shape index (κ3) is 3.53. The maximum atomic E-state index is 11.4. The van der Waals surface area contributed by atoms with Crippen LogP contribution in [-0.2, 0) is 11.3 Å². The number of rotatable bonds is 4. The SMILES string of the molecule is O=C(CCl)NC1C[C@H]2CC[C@@H](C1)N2Cc1ccc(Cl)cc1. The first-order valence-corrected chi connectivity index (χ1v) is 8.42. The van der Waals surface area contributed by atoms with E-state index < -0.39 is 0 Å². The Morgan fingerprint density at radius 2 is 1.81 bits per heavy atom. The third-order valence-corrected chi connectivity index (χ3v) is 5.14. The largest absolute Gasteiger partial charge is 0.352 e. The van der Waals surface area contributed by atoms with E-state index in [0.29, 0.717) is 12.1 Å². The molecule has 3 rings (SSSR count). The average molecular weight is 327 g/mol. The Kier molecular flexibility index (Phi) is 4.72. The highest BCUT2D eigenvalue weighted by Crippen LogP contribution is 2.36. The summed E-state index contributed by atoms with van der Waals surface area (Å²) in [5.41, 5.74) is 1.31. The lowest BCUT2D eigenvalue weighted by Gasteiger charge is -2.39. The number of fused-ring (bicyclic) bond motifs is 2. The first kappa shape index (κ1) is 15.1. The zero-order valence-electron chi connectivity index (χ0n) is 11.9. The second-order valence-corrected chi connectivity index (χ2v) is 6.76. The molecule has 2 aliphatic heterocycles. The van der Waals surface area contributed by atoms with Gasteiger partial charge in [-0.1, -0.05) is 23.7 Å². The number of carbonyl (C=O) groups is 1. The predicted octanol–water partition coefficient (Wildman–Crippen LogP) is 3.19. The minimum Gasteiger partial charge on any atom is -0.352 e. The van der Waals surface area contributed by atoms with Crippen molar-refractivity contribution in [3.63, 3.8) is 0 Å². The summed E-state index contributed by atoms with van der Waals surface area (Å²) >= 11 is 11.5. The molecule has 2 fully saturated rings. The Morgan fingerprint density at radius 1 is 1.19 bits per heavy atom. The highest BCUT2D eigenvalue weighted by Gasteiger charge is 2.40. The Hall–Kier alpha value is -0.770. The second-order valence-electron chi connectivity index (χ2n) is 6.05. The van der Waals surface area contributed by atoms with Gasteiger partial charge in [-0.25, -0.2) is 0 Å². The minimum atomic E-state index is -0.0489. The van der Waals surface area contributed by atoms with Crippen LogP contribution in [0, 0.1) is 0 Å². The van der Waals surface area contributed by atoms with E-state index >= 15 is 0 Å². The van der Waals surface area contributed by atoms with E-state index in [0.717, 1.165) is 24.4 Å². The summed E-state index contributed by atoms with van der Waals surface area (Å²) in [5.74, 6) is 0.00700. The summed E-state index contributed by atoms with van der Waals surface area (Å²) in [6.07, 6.45) is 4.52. The van der Waals surface area contributed by atoms with Gasteiger partial charge in [-0.2, -0.15) is 0 Å². The summed E-state index contributed by atoms with van der Waals surface area (Å²) in [7, 11) is 0. The molecular weight excluding hydrogens is 307 g/mol. The van der Waals surface area contributed by atoms with Gasteiger partial charge in [-0.05, 0) is 43.4 Å². The predicted molar refractivity (Wildman–Crippen MR) is 85.7 cm³/mol. The van der Waals surface area contributed by atoms with Crippen molar-refractivity contribution in [2.45, 2.75) is 50.4 Å². The molecule has 114 valence electrons. The van der Waals surface area contributed by atoms with Crippen LogP contribution in [0.15, 0.2) is 24.3 Å². The number of halogens is 2. The van der Waals surface area contributed by atoms with Crippen molar-refractivity contribution >= 4 is 29.1 Å². The van der Waals surface area contributed by atoms with Crippen molar-refractivity contribution in [2.75, 3.05) is 5.88 Å². The fraction of sp³-hybridized carbons (Fsp3) is 0.562. The maximum Gasteiger partial charge on any atom is 0.235 e. The van der Waals surface area contributed by atoms with Gasteiger partial charge in [-0.3, -0.25) is 9.69 Å². The van der Waals surface area contributed by atoms with E-state index in [1.165, 1.54) is 18.4 Å². The van der Waals surface area contributed by atoms with Crippen LogP contribution in [0.1, 0.15) is 31.2 Å². The molecule has 21 heavy (non-hydrogen) atoms. The van der Waals surface area contributed by atoms with E-state index in [2.05, 4.69) is 22.3 Å². The van der Waals surface area contributed by atoms with Crippen LogP contribution in [0.3, 0.4) is 0 Å². The Labute approximate surface area is 135 Å². The van der Waals surface area contributed by atoms with Crippen LogP contribution in [0.25, 0.3) is 0 Å². The number of carbonyl (C=O) groups excluding carboxylic acids is 1. The molecule has 2 saturated heterocycles.